The van der Waals surface area contributed by atoms with Crippen LogP contribution in [0.4, 0.5) is 5.69 Å². The first-order chi connectivity index (χ1) is 12.4. The molecule has 138 valence electrons. The first-order valence-electron chi connectivity index (χ1n) is 8.52. The molecule has 0 radical (unpaired) electrons. The van der Waals surface area contributed by atoms with Crippen LogP contribution in [-0.2, 0) is 14.8 Å². The minimum atomic E-state index is -3.86. The molecule has 0 bridgehead atoms. The molecule has 0 aromatic heterocycles. The van der Waals surface area contributed by atoms with Crippen molar-refractivity contribution in [2.24, 2.45) is 0 Å². The number of anilines is 1. The van der Waals surface area contributed by atoms with Crippen molar-refractivity contribution in [2.75, 3.05) is 18.0 Å². The second-order valence-electron chi connectivity index (χ2n) is 5.88. The summed E-state index contributed by atoms with van der Waals surface area (Å²) in [6, 6.07) is 14.1. The van der Waals surface area contributed by atoms with Crippen molar-refractivity contribution >= 4 is 27.7 Å². The summed E-state index contributed by atoms with van der Waals surface area (Å²) in [6.07, 6.45) is 2.81. The van der Waals surface area contributed by atoms with Crippen LogP contribution in [0.2, 0.25) is 0 Å². The number of carbonyl (C=O) groups is 1. The summed E-state index contributed by atoms with van der Waals surface area (Å²) in [5.41, 5.74) is 2.88. The molecule has 0 saturated heterocycles. The van der Waals surface area contributed by atoms with Crippen molar-refractivity contribution in [2.45, 2.75) is 25.7 Å². The summed E-state index contributed by atoms with van der Waals surface area (Å²) in [5, 5.41) is 0. The normalized spacial score (nSPS) is 11.5. The van der Waals surface area contributed by atoms with Crippen molar-refractivity contribution in [3.8, 4) is 0 Å². The zero-order valence-electron chi connectivity index (χ0n) is 15.3. The lowest BCUT2D eigenvalue weighted by atomic mass is 10.2. The molecule has 2 aromatic carbocycles. The van der Waals surface area contributed by atoms with Crippen LogP contribution < -0.4 is 9.62 Å². The largest absolute Gasteiger partial charge is 0.372 e. The predicted molar refractivity (Wildman–Crippen MR) is 106 cm³/mol. The van der Waals surface area contributed by atoms with Gasteiger partial charge in [0.05, 0.1) is 4.90 Å². The van der Waals surface area contributed by atoms with E-state index in [-0.39, 0.29) is 4.90 Å². The molecule has 26 heavy (non-hydrogen) atoms. The fourth-order valence-electron chi connectivity index (χ4n) is 2.50. The second kappa shape index (κ2) is 8.67. The predicted octanol–water partition coefficient (Wildman–Crippen LogP) is 3.36. The Morgan fingerprint density at radius 3 is 2.12 bits per heavy atom. The number of nitrogens with one attached hydrogen (secondary N) is 1. The maximum atomic E-state index is 12.2. The molecular weight excluding hydrogens is 348 g/mol. The number of nitrogens with zero attached hydrogens (tertiary/aromatic N) is 1. The Kier molecular flexibility index (Phi) is 6.58. The number of carbonyl (C=O) groups excluding carboxylic acids is 1. The standard InChI is InChI=1S/C20H24N2O3S/c1-4-22(5-2)18-11-8-17(9-12-18)10-15-20(23)21-26(24,25)19-13-6-16(3)7-14-19/h6-15H,4-5H2,1-3H3,(H,21,23)/b15-10+. The highest BCUT2D eigenvalue weighted by molar-refractivity contribution is 7.90. The molecule has 2 rings (SSSR count). The Hall–Kier alpha value is -2.60. The van der Waals surface area contributed by atoms with Gasteiger partial charge < -0.3 is 4.90 Å². The molecule has 0 aliphatic carbocycles. The average molecular weight is 372 g/mol. The Balaban J connectivity index is 2.03. The Bertz CT molecular complexity index is 866. The highest BCUT2D eigenvalue weighted by Gasteiger charge is 2.15. The lowest BCUT2D eigenvalue weighted by Gasteiger charge is -2.20. The summed E-state index contributed by atoms with van der Waals surface area (Å²) in [7, 11) is -3.86. The van der Waals surface area contributed by atoms with Gasteiger partial charge in [0.15, 0.2) is 0 Å². The van der Waals surface area contributed by atoms with Crippen LogP contribution in [0.5, 0.6) is 0 Å². The van der Waals surface area contributed by atoms with E-state index in [1.165, 1.54) is 18.2 Å². The first kappa shape index (κ1) is 19.7. The van der Waals surface area contributed by atoms with Crippen LogP contribution in [-0.4, -0.2) is 27.4 Å². The van der Waals surface area contributed by atoms with Crippen molar-refractivity contribution in [3.05, 3.63) is 65.7 Å². The lowest BCUT2D eigenvalue weighted by Crippen LogP contribution is -2.28. The number of amides is 1. The van der Waals surface area contributed by atoms with Gasteiger partial charge in [0.2, 0.25) is 0 Å². The van der Waals surface area contributed by atoms with Crippen molar-refractivity contribution in [3.63, 3.8) is 0 Å². The van der Waals surface area contributed by atoms with Crippen LogP contribution in [0, 0.1) is 6.92 Å². The Morgan fingerprint density at radius 2 is 1.58 bits per heavy atom. The minimum Gasteiger partial charge on any atom is -0.372 e. The summed E-state index contributed by atoms with van der Waals surface area (Å²) in [6.45, 7) is 7.89. The van der Waals surface area contributed by atoms with E-state index in [9.17, 15) is 13.2 Å². The first-order valence-corrected chi connectivity index (χ1v) is 10.0. The lowest BCUT2D eigenvalue weighted by molar-refractivity contribution is -0.114. The van der Waals surface area contributed by atoms with Crippen LogP contribution in [0.1, 0.15) is 25.0 Å². The third-order valence-corrected chi connectivity index (χ3v) is 5.38. The molecule has 0 heterocycles. The maximum Gasteiger partial charge on any atom is 0.264 e. The van der Waals surface area contributed by atoms with E-state index in [4.69, 9.17) is 0 Å². The molecule has 6 heteroatoms. The third kappa shape index (κ3) is 5.20. The molecule has 0 spiro atoms. The summed E-state index contributed by atoms with van der Waals surface area (Å²) in [5.74, 6) is -0.682. The number of aryl methyl sites for hydroxylation is 1. The Morgan fingerprint density at radius 1 is 1.00 bits per heavy atom. The second-order valence-corrected chi connectivity index (χ2v) is 7.56. The third-order valence-electron chi connectivity index (χ3n) is 4.02. The quantitative estimate of drug-likeness (QED) is 0.757. The molecule has 0 aliphatic rings. The molecule has 0 atom stereocenters. The number of rotatable bonds is 7. The smallest absolute Gasteiger partial charge is 0.264 e. The zero-order chi connectivity index (χ0) is 19.2. The van der Waals surface area contributed by atoms with Gasteiger partial charge in [0, 0.05) is 24.9 Å². The van der Waals surface area contributed by atoms with Gasteiger partial charge in [0.1, 0.15) is 0 Å². The van der Waals surface area contributed by atoms with E-state index in [0.717, 1.165) is 29.9 Å². The van der Waals surface area contributed by atoms with E-state index >= 15 is 0 Å². The molecule has 2 aromatic rings. The van der Waals surface area contributed by atoms with E-state index in [2.05, 4.69) is 18.7 Å². The topological polar surface area (TPSA) is 66.5 Å². The van der Waals surface area contributed by atoms with Gasteiger partial charge in [-0.25, -0.2) is 13.1 Å². The number of hydrogen-bond donors (Lipinski definition) is 1. The van der Waals surface area contributed by atoms with Gasteiger partial charge in [-0.15, -0.1) is 0 Å². The van der Waals surface area contributed by atoms with Crippen molar-refractivity contribution in [1.29, 1.82) is 0 Å². The monoisotopic (exact) mass is 372 g/mol. The number of sulfonamides is 1. The average Bonchev–Trinajstić information content (AvgIpc) is 2.62. The van der Waals surface area contributed by atoms with Gasteiger partial charge in [0.25, 0.3) is 15.9 Å². The van der Waals surface area contributed by atoms with Crippen LogP contribution in [0.25, 0.3) is 6.08 Å². The van der Waals surface area contributed by atoms with Gasteiger partial charge in [-0.2, -0.15) is 0 Å². The van der Waals surface area contributed by atoms with Crippen LogP contribution in [0.15, 0.2) is 59.5 Å². The molecule has 1 N–H and O–H groups in total. The van der Waals surface area contributed by atoms with E-state index in [1.807, 2.05) is 35.9 Å². The SMILES string of the molecule is CCN(CC)c1ccc(/C=C/C(=O)NS(=O)(=O)c2ccc(C)cc2)cc1. The zero-order valence-corrected chi connectivity index (χ0v) is 16.1. The molecular formula is C20H24N2O3S. The van der Waals surface area contributed by atoms with E-state index < -0.39 is 15.9 Å². The summed E-state index contributed by atoms with van der Waals surface area (Å²) in [4.78, 5) is 14.2. The highest BCUT2D eigenvalue weighted by atomic mass is 32.2. The molecule has 0 saturated carbocycles. The molecule has 0 unspecified atom stereocenters. The molecule has 0 aliphatic heterocycles. The molecule has 5 nitrogen and oxygen atoms in total. The van der Waals surface area contributed by atoms with E-state index in [1.54, 1.807) is 18.2 Å². The van der Waals surface area contributed by atoms with Crippen molar-refractivity contribution < 1.29 is 13.2 Å². The maximum absolute atomic E-state index is 12.2. The van der Waals surface area contributed by atoms with Crippen LogP contribution >= 0.6 is 0 Å². The molecule has 0 fully saturated rings. The van der Waals surface area contributed by atoms with Gasteiger partial charge >= 0.3 is 0 Å². The number of benzene rings is 2. The van der Waals surface area contributed by atoms with Gasteiger partial charge in [-0.1, -0.05) is 29.8 Å². The van der Waals surface area contributed by atoms with Crippen molar-refractivity contribution in [1.82, 2.24) is 4.72 Å². The Labute approximate surface area is 155 Å². The minimum absolute atomic E-state index is 0.0634. The molecule has 1 amide bonds. The van der Waals surface area contributed by atoms with Gasteiger partial charge in [-0.3, -0.25) is 4.79 Å². The van der Waals surface area contributed by atoms with Crippen LogP contribution in [0.3, 0.4) is 0 Å². The highest BCUT2D eigenvalue weighted by Crippen LogP contribution is 2.16. The summed E-state index contributed by atoms with van der Waals surface area (Å²) >= 11 is 0. The fraction of sp³-hybridized carbons (Fsp3) is 0.250. The number of hydrogen-bond acceptors (Lipinski definition) is 4. The van der Waals surface area contributed by atoms with E-state index in [0.29, 0.717) is 0 Å². The fourth-order valence-corrected chi connectivity index (χ4v) is 3.44. The summed E-state index contributed by atoms with van der Waals surface area (Å²) < 4.78 is 26.4. The van der Waals surface area contributed by atoms with Gasteiger partial charge in [-0.05, 0) is 56.7 Å².